The van der Waals surface area contributed by atoms with Crippen molar-refractivity contribution in [2.24, 2.45) is 7.05 Å². The molecule has 0 radical (unpaired) electrons. The maximum Gasteiger partial charge on any atom is 0.256 e. The molecule has 0 unspecified atom stereocenters. The quantitative estimate of drug-likeness (QED) is 0.224. The van der Waals surface area contributed by atoms with Gasteiger partial charge in [0.1, 0.15) is 5.75 Å². The van der Waals surface area contributed by atoms with E-state index in [1.807, 2.05) is 35.2 Å². The Hall–Kier alpha value is -2.45. The molecule has 1 saturated heterocycles. The third-order valence-electron chi connectivity index (χ3n) is 6.84. The number of fused-ring (bicyclic) bond motifs is 1. The molecular weight excluding hydrogens is 570 g/mol. The van der Waals surface area contributed by atoms with Crippen molar-refractivity contribution < 1.29 is 9.53 Å². The first-order valence-electron chi connectivity index (χ1n) is 12.1. The third kappa shape index (κ3) is 6.01. The van der Waals surface area contributed by atoms with Gasteiger partial charge < -0.3 is 14.2 Å². The number of hydrogen-bond donors (Lipinski definition) is 0. The summed E-state index contributed by atoms with van der Waals surface area (Å²) >= 11 is 5.38. The minimum absolute atomic E-state index is 0. The molecule has 0 atom stereocenters. The van der Waals surface area contributed by atoms with Crippen LogP contribution in [-0.2, 0) is 19.3 Å². The molecule has 0 bridgehead atoms. The Labute approximate surface area is 237 Å². The summed E-state index contributed by atoms with van der Waals surface area (Å²) in [6.07, 6.45) is 0. The monoisotopic (exact) mass is 599 g/mol. The molecule has 0 spiro atoms. The van der Waals surface area contributed by atoms with Gasteiger partial charge in [-0.2, -0.15) is 0 Å². The lowest BCUT2D eigenvalue weighted by Gasteiger charge is -2.35. The van der Waals surface area contributed by atoms with Crippen LogP contribution in [0.2, 0.25) is 0 Å². The normalized spacial score (nSPS) is 14.0. The molecule has 0 saturated carbocycles. The van der Waals surface area contributed by atoms with Crippen molar-refractivity contribution >= 4 is 56.9 Å². The second-order valence-electron chi connectivity index (χ2n) is 9.04. The molecule has 37 heavy (non-hydrogen) atoms. The highest BCUT2D eigenvalue weighted by atomic mass is 79.9. The van der Waals surface area contributed by atoms with Gasteiger partial charge in [-0.3, -0.25) is 9.69 Å². The van der Waals surface area contributed by atoms with Gasteiger partial charge in [-0.25, -0.2) is 0 Å². The number of benzene rings is 3. The van der Waals surface area contributed by atoms with Gasteiger partial charge in [-0.15, -0.1) is 24.2 Å². The molecule has 1 fully saturated rings. The molecule has 5 nitrogen and oxygen atoms in total. The number of thioether (sulfide) groups is 1. The predicted molar refractivity (Wildman–Crippen MR) is 158 cm³/mol. The molecule has 1 aliphatic rings. The van der Waals surface area contributed by atoms with Crippen LogP contribution in [-0.4, -0.2) is 53.6 Å². The van der Waals surface area contributed by atoms with E-state index in [1.165, 1.54) is 10.5 Å². The van der Waals surface area contributed by atoms with Gasteiger partial charge >= 0.3 is 0 Å². The van der Waals surface area contributed by atoms with Crippen LogP contribution in [0.1, 0.15) is 21.6 Å². The van der Waals surface area contributed by atoms with Crippen molar-refractivity contribution in [1.82, 2.24) is 14.4 Å². The first-order chi connectivity index (χ1) is 17.5. The molecule has 0 aliphatic carbocycles. The Kier molecular flexibility index (Phi) is 9.24. The number of aromatic nitrogens is 1. The maximum absolute atomic E-state index is 14.0. The van der Waals surface area contributed by atoms with Crippen LogP contribution in [0.4, 0.5) is 0 Å². The van der Waals surface area contributed by atoms with Crippen LogP contribution in [0.25, 0.3) is 10.9 Å². The summed E-state index contributed by atoms with van der Waals surface area (Å²) in [6, 6.07) is 24.9. The fraction of sp³-hybridized carbons (Fsp3) is 0.276. The van der Waals surface area contributed by atoms with Crippen molar-refractivity contribution in [2.75, 3.05) is 33.3 Å². The smallest absolute Gasteiger partial charge is 0.256 e. The predicted octanol–water partition coefficient (Wildman–Crippen LogP) is 6.62. The molecule has 4 aromatic rings. The van der Waals surface area contributed by atoms with Gasteiger partial charge in [0, 0.05) is 61.5 Å². The van der Waals surface area contributed by atoms with E-state index in [0.29, 0.717) is 5.75 Å². The zero-order valence-electron chi connectivity index (χ0n) is 21.0. The van der Waals surface area contributed by atoms with Crippen molar-refractivity contribution in [1.29, 1.82) is 0 Å². The molecule has 0 N–H and O–H groups in total. The zero-order chi connectivity index (χ0) is 25.1. The number of halogens is 2. The van der Waals surface area contributed by atoms with E-state index in [9.17, 15) is 4.79 Å². The van der Waals surface area contributed by atoms with Crippen LogP contribution >= 0.6 is 40.1 Å². The summed E-state index contributed by atoms with van der Waals surface area (Å²) in [7, 11) is 3.71. The van der Waals surface area contributed by atoms with Crippen molar-refractivity contribution in [3.05, 3.63) is 94.1 Å². The summed E-state index contributed by atoms with van der Waals surface area (Å²) in [6.45, 7) is 4.10. The number of nitrogens with zero attached hydrogens (tertiary/aromatic N) is 3. The fourth-order valence-electron chi connectivity index (χ4n) is 4.83. The highest BCUT2D eigenvalue weighted by molar-refractivity contribution is 9.10. The molecule has 2 heterocycles. The van der Waals surface area contributed by atoms with Gasteiger partial charge in [0.15, 0.2) is 0 Å². The van der Waals surface area contributed by atoms with Crippen LogP contribution in [0.5, 0.6) is 5.75 Å². The average molecular weight is 601 g/mol. The van der Waals surface area contributed by atoms with Crippen molar-refractivity contribution in [3.63, 3.8) is 0 Å². The lowest BCUT2D eigenvalue weighted by atomic mass is 10.1. The molecule has 1 aromatic heterocycles. The molecule has 194 valence electrons. The van der Waals surface area contributed by atoms with E-state index in [-0.39, 0.29) is 18.3 Å². The van der Waals surface area contributed by atoms with Gasteiger partial charge in [0.05, 0.1) is 22.7 Å². The number of carbonyl (C=O) groups is 1. The molecular formula is C29H31BrClN3O2S. The number of hydrogen-bond acceptors (Lipinski definition) is 4. The molecule has 1 amide bonds. The maximum atomic E-state index is 14.0. The summed E-state index contributed by atoms with van der Waals surface area (Å²) in [5.41, 5.74) is 4.16. The standard InChI is InChI=1S/C29H30BrN3O2S.ClH/c1-31-25-18-24(30)27(35-2)17-23(25)28(26(31)20-36-22-11-7-4-8-12-22)29(34)33-15-13-32(14-16-33)19-21-9-5-3-6-10-21;/h3-12,17-18H,13-16,19-20H2,1-2H3;1H. The third-order valence-corrected chi connectivity index (χ3v) is 8.48. The SMILES string of the molecule is COc1cc2c(C(=O)N3CCN(Cc4ccccc4)CC3)c(CSc3ccccc3)n(C)c2cc1Br.Cl. The Morgan fingerprint density at radius 3 is 2.27 bits per heavy atom. The van der Waals surface area contributed by atoms with Crippen molar-refractivity contribution in [3.8, 4) is 5.75 Å². The number of amides is 1. The lowest BCUT2D eigenvalue weighted by Crippen LogP contribution is -2.48. The number of ether oxygens (including phenoxy) is 1. The number of aryl methyl sites for hydroxylation is 1. The summed E-state index contributed by atoms with van der Waals surface area (Å²) < 4.78 is 8.63. The highest BCUT2D eigenvalue weighted by Crippen LogP contribution is 2.37. The fourth-order valence-corrected chi connectivity index (χ4v) is 6.31. The van der Waals surface area contributed by atoms with E-state index >= 15 is 0 Å². The van der Waals surface area contributed by atoms with E-state index in [0.717, 1.165) is 65.1 Å². The Balaban J connectivity index is 0.00000320. The minimum Gasteiger partial charge on any atom is -0.496 e. The first kappa shape index (κ1) is 27.6. The Morgan fingerprint density at radius 2 is 1.62 bits per heavy atom. The molecule has 1 aliphatic heterocycles. The number of carbonyl (C=O) groups excluding carboxylic acids is 1. The van der Waals surface area contributed by atoms with E-state index < -0.39 is 0 Å². The topological polar surface area (TPSA) is 37.7 Å². The van der Waals surface area contributed by atoms with Gasteiger partial charge in [0.25, 0.3) is 5.91 Å². The van der Waals surface area contributed by atoms with Crippen LogP contribution in [0, 0.1) is 0 Å². The second kappa shape index (κ2) is 12.4. The zero-order valence-corrected chi connectivity index (χ0v) is 24.2. The van der Waals surface area contributed by atoms with Crippen LogP contribution in [0.15, 0.2) is 82.2 Å². The molecule has 8 heteroatoms. The lowest BCUT2D eigenvalue weighted by molar-refractivity contribution is 0.0629. The summed E-state index contributed by atoms with van der Waals surface area (Å²) in [5.74, 6) is 1.55. The highest BCUT2D eigenvalue weighted by Gasteiger charge is 2.28. The van der Waals surface area contributed by atoms with E-state index in [1.54, 1.807) is 18.9 Å². The first-order valence-corrected chi connectivity index (χ1v) is 13.9. The van der Waals surface area contributed by atoms with Gasteiger partial charge in [-0.1, -0.05) is 48.5 Å². The van der Waals surface area contributed by atoms with Gasteiger partial charge in [0.2, 0.25) is 0 Å². The second-order valence-corrected chi connectivity index (χ2v) is 10.9. The van der Waals surface area contributed by atoms with Crippen LogP contribution < -0.4 is 4.74 Å². The Morgan fingerprint density at radius 1 is 0.973 bits per heavy atom. The van der Waals surface area contributed by atoms with Crippen molar-refractivity contribution in [2.45, 2.75) is 17.2 Å². The molecule has 3 aromatic carbocycles. The molecule has 5 rings (SSSR count). The summed E-state index contributed by atoms with van der Waals surface area (Å²) in [4.78, 5) is 19.7. The van der Waals surface area contributed by atoms with E-state index in [4.69, 9.17) is 4.74 Å². The van der Waals surface area contributed by atoms with E-state index in [2.05, 4.69) is 74.9 Å². The van der Waals surface area contributed by atoms with Gasteiger partial charge in [-0.05, 0) is 45.8 Å². The number of piperazine rings is 1. The largest absolute Gasteiger partial charge is 0.496 e. The Bertz CT molecular complexity index is 1360. The minimum atomic E-state index is 0. The summed E-state index contributed by atoms with van der Waals surface area (Å²) in [5, 5.41) is 0.943. The van der Waals surface area contributed by atoms with Crippen LogP contribution in [0.3, 0.4) is 0 Å². The number of rotatable bonds is 7. The average Bonchev–Trinajstić information content (AvgIpc) is 3.18. The number of methoxy groups -OCH3 is 1.